The smallest absolute Gasteiger partial charge is 0.241 e. The van der Waals surface area contributed by atoms with Crippen LogP contribution in [-0.4, -0.2) is 52.8 Å². The molecule has 126 valence electrons. The van der Waals surface area contributed by atoms with Crippen LogP contribution in [0.1, 0.15) is 26.6 Å². The molecule has 0 aliphatic rings. The highest BCUT2D eigenvalue weighted by atomic mass is 127. The molecule has 0 unspecified atom stereocenters. The number of guanidine groups is 1. The number of aryl methyl sites for hydroxylation is 1. The summed E-state index contributed by atoms with van der Waals surface area (Å²) in [6.07, 6.45) is 2.57. The van der Waals surface area contributed by atoms with Crippen LogP contribution < -0.4 is 16.0 Å². The first-order valence-electron chi connectivity index (χ1n) is 7.36. The van der Waals surface area contributed by atoms with E-state index in [4.69, 9.17) is 0 Å². The lowest BCUT2D eigenvalue weighted by molar-refractivity contribution is -0.119. The molecule has 0 bridgehead atoms. The number of hydrogen-bond donors (Lipinski definition) is 3. The number of aliphatic imine (C=N–C) groups is 1. The third-order valence-electron chi connectivity index (χ3n) is 2.76. The molecule has 1 rings (SSSR count). The number of hydrogen-bond acceptors (Lipinski definition) is 4. The second-order valence-corrected chi connectivity index (χ2v) is 4.37. The highest BCUT2D eigenvalue weighted by Crippen LogP contribution is 1.94. The molecule has 0 atom stereocenters. The van der Waals surface area contributed by atoms with Gasteiger partial charge in [-0.1, -0.05) is 6.92 Å². The SMILES string of the molecule is CCNC(=O)CN=C(NCC)NCCn1cnnc1CC.I. The van der Waals surface area contributed by atoms with Crippen LogP contribution in [0.4, 0.5) is 0 Å². The minimum Gasteiger partial charge on any atom is -0.357 e. The number of carbonyl (C=O) groups excluding carboxylic acids is 1. The van der Waals surface area contributed by atoms with Gasteiger partial charge in [0.05, 0.1) is 0 Å². The van der Waals surface area contributed by atoms with Gasteiger partial charge in [-0.3, -0.25) is 4.79 Å². The summed E-state index contributed by atoms with van der Waals surface area (Å²) in [4.78, 5) is 15.6. The molecule has 1 aromatic heterocycles. The summed E-state index contributed by atoms with van der Waals surface area (Å²) >= 11 is 0. The van der Waals surface area contributed by atoms with Crippen LogP contribution in [0.25, 0.3) is 0 Å². The van der Waals surface area contributed by atoms with E-state index in [9.17, 15) is 4.79 Å². The topological polar surface area (TPSA) is 96.2 Å². The Morgan fingerprint density at radius 2 is 1.95 bits per heavy atom. The van der Waals surface area contributed by atoms with E-state index in [1.54, 1.807) is 6.33 Å². The largest absolute Gasteiger partial charge is 0.357 e. The number of amides is 1. The standard InChI is InChI=1S/C13H25N7O.HI/c1-4-11-19-18-10-20(11)8-7-16-13(15-6-3)17-9-12(21)14-5-2;/h10H,4-9H2,1-3H3,(H,14,21)(H2,15,16,17);1H. The molecule has 0 aromatic carbocycles. The van der Waals surface area contributed by atoms with Gasteiger partial charge in [-0.05, 0) is 13.8 Å². The van der Waals surface area contributed by atoms with Gasteiger partial charge in [0.1, 0.15) is 18.7 Å². The van der Waals surface area contributed by atoms with Gasteiger partial charge in [-0.2, -0.15) is 0 Å². The van der Waals surface area contributed by atoms with E-state index in [1.807, 2.05) is 25.3 Å². The van der Waals surface area contributed by atoms with Gasteiger partial charge < -0.3 is 20.5 Å². The van der Waals surface area contributed by atoms with Crippen molar-refractivity contribution in [2.45, 2.75) is 33.7 Å². The number of halogens is 1. The quantitative estimate of drug-likeness (QED) is 0.314. The van der Waals surface area contributed by atoms with Crippen molar-refractivity contribution in [3.05, 3.63) is 12.2 Å². The van der Waals surface area contributed by atoms with Crippen LogP contribution in [-0.2, 0) is 17.8 Å². The third kappa shape index (κ3) is 7.57. The normalized spacial score (nSPS) is 10.8. The average Bonchev–Trinajstić information content (AvgIpc) is 2.92. The van der Waals surface area contributed by atoms with Crippen LogP contribution in [0.5, 0.6) is 0 Å². The molecule has 0 fully saturated rings. The van der Waals surface area contributed by atoms with Crippen molar-refractivity contribution < 1.29 is 4.79 Å². The fourth-order valence-corrected chi connectivity index (χ4v) is 1.78. The Hall–Kier alpha value is -1.39. The first-order chi connectivity index (χ1) is 10.2. The minimum atomic E-state index is -0.0817. The van der Waals surface area contributed by atoms with Crippen molar-refractivity contribution in [3.8, 4) is 0 Å². The lowest BCUT2D eigenvalue weighted by atomic mass is 10.4. The first-order valence-corrected chi connectivity index (χ1v) is 7.36. The fraction of sp³-hybridized carbons (Fsp3) is 0.692. The van der Waals surface area contributed by atoms with Gasteiger partial charge >= 0.3 is 0 Å². The maximum Gasteiger partial charge on any atom is 0.241 e. The number of aromatic nitrogens is 3. The molecule has 3 N–H and O–H groups in total. The van der Waals surface area contributed by atoms with Crippen molar-refractivity contribution in [2.75, 3.05) is 26.2 Å². The Balaban J connectivity index is 0.00000441. The van der Waals surface area contributed by atoms with Crippen LogP contribution >= 0.6 is 24.0 Å². The van der Waals surface area contributed by atoms with Crippen LogP contribution in [0.2, 0.25) is 0 Å². The van der Waals surface area contributed by atoms with Gasteiger partial charge in [-0.15, -0.1) is 34.2 Å². The summed E-state index contributed by atoms with van der Waals surface area (Å²) in [6.45, 7) is 8.84. The van der Waals surface area contributed by atoms with E-state index in [1.165, 1.54) is 0 Å². The van der Waals surface area contributed by atoms with Crippen LogP contribution in [0.15, 0.2) is 11.3 Å². The molecule has 0 saturated heterocycles. The Labute approximate surface area is 148 Å². The number of nitrogens with zero attached hydrogens (tertiary/aromatic N) is 4. The summed E-state index contributed by atoms with van der Waals surface area (Å²) in [6, 6.07) is 0. The second-order valence-electron chi connectivity index (χ2n) is 4.37. The molecule has 22 heavy (non-hydrogen) atoms. The lowest BCUT2D eigenvalue weighted by Gasteiger charge is -2.12. The maximum absolute atomic E-state index is 11.4. The van der Waals surface area contributed by atoms with Crippen molar-refractivity contribution in [1.29, 1.82) is 0 Å². The number of carbonyl (C=O) groups is 1. The van der Waals surface area contributed by atoms with E-state index in [-0.39, 0.29) is 36.4 Å². The third-order valence-corrected chi connectivity index (χ3v) is 2.76. The summed E-state index contributed by atoms with van der Waals surface area (Å²) in [5.41, 5.74) is 0. The highest BCUT2D eigenvalue weighted by molar-refractivity contribution is 14.0. The van der Waals surface area contributed by atoms with E-state index in [0.717, 1.165) is 25.3 Å². The van der Waals surface area contributed by atoms with Gasteiger partial charge in [0.2, 0.25) is 5.91 Å². The van der Waals surface area contributed by atoms with Crippen molar-refractivity contribution >= 4 is 35.8 Å². The van der Waals surface area contributed by atoms with Gasteiger partial charge in [0, 0.05) is 32.6 Å². The molecule has 9 heteroatoms. The Bertz CT molecular complexity index is 461. The van der Waals surface area contributed by atoms with Crippen LogP contribution in [0.3, 0.4) is 0 Å². The predicted octanol–water partition coefficient (Wildman–Crippen LogP) is 0.150. The second kappa shape index (κ2) is 12.2. The molecular formula is C13H26IN7O. The lowest BCUT2D eigenvalue weighted by Crippen LogP contribution is -2.40. The monoisotopic (exact) mass is 423 g/mol. The molecule has 1 heterocycles. The minimum absolute atomic E-state index is 0. The van der Waals surface area contributed by atoms with Gasteiger partial charge in [-0.25, -0.2) is 4.99 Å². The van der Waals surface area contributed by atoms with Gasteiger partial charge in [0.15, 0.2) is 5.96 Å². The zero-order valence-electron chi connectivity index (χ0n) is 13.4. The van der Waals surface area contributed by atoms with Crippen LogP contribution in [0, 0.1) is 0 Å². The summed E-state index contributed by atoms with van der Waals surface area (Å²) < 4.78 is 2.00. The molecule has 0 aliphatic heterocycles. The molecule has 0 saturated carbocycles. The van der Waals surface area contributed by atoms with E-state index >= 15 is 0 Å². The Kier molecular flexibility index (Phi) is 11.4. The molecule has 1 amide bonds. The first kappa shape index (κ1) is 20.6. The Morgan fingerprint density at radius 3 is 2.59 bits per heavy atom. The molecule has 0 radical (unpaired) electrons. The number of rotatable bonds is 8. The zero-order valence-corrected chi connectivity index (χ0v) is 15.8. The maximum atomic E-state index is 11.4. The van der Waals surface area contributed by atoms with Crippen molar-refractivity contribution in [3.63, 3.8) is 0 Å². The summed E-state index contributed by atoms with van der Waals surface area (Å²) in [7, 11) is 0. The van der Waals surface area contributed by atoms with E-state index in [2.05, 4.69) is 31.1 Å². The van der Waals surface area contributed by atoms with E-state index in [0.29, 0.717) is 19.0 Å². The number of likely N-dealkylation sites (N-methyl/N-ethyl adjacent to an activating group) is 1. The van der Waals surface area contributed by atoms with Crippen molar-refractivity contribution in [1.82, 2.24) is 30.7 Å². The molecule has 0 spiro atoms. The van der Waals surface area contributed by atoms with Gasteiger partial charge in [0.25, 0.3) is 0 Å². The molecule has 8 nitrogen and oxygen atoms in total. The Morgan fingerprint density at radius 1 is 1.23 bits per heavy atom. The summed E-state index contributed by atoms with van der Waals surface area (Å²) in [5, 5.41) is 16.9. The molecule has 1 aromatic rings. The van der Waals surface area contributed by atoms with Crippen molar-refractivity contribution in [2.24, 2.45) is 4.99 Å². The highest BCUT2D eigenvalue weighted by Gasteiger charge is 2.03. The predicted molar refractivity (Wildman–Crippen MR) is 97.5 cm³/mol. The molecular weight excluding hydrogens is 397 g/mol. The summed E-state index contributed by atoms with van der Waals surface area (Å²) in [5.74, 6) is 1.51. The zero-order chi connectivity index (χ0) is 15.5. The molecule has 0 aliphatic carbocycles. The number of nitrogens with one attached hydrogen (secondary N) is 3. The van der Waals surface area contributed by atoms with E-state index < -0.39 is 0 Å². The fourth-order valence-electron chi connectivity index (χ4n) is 1.78. The average molecular weight is 423 g/mol.